The van der Waals surface area contributed by atoms with Crippen molar-refractivity contribution in [3.63, 3.8) is 0 Å². The van der Waals surface area contributed by atoms with Gasteiger partial charge in [0.05, 0.1) is 25.4 Å². The fourth-order valence-electron chi connectivity index (χ4n) is 9.46. The molecule has 0 radical (unpaired) electrons. The van der Waals surface area contributed by atoms with Crippen molar-refractivity contribution in [1.29, 1.82) is 0 Å². The number of amides is 1. The maximum absolute atomic E-state index is 12.5. The molecule has 0 heterocycles. The van der Waals surface area contributed by atoms with E-state index in [1.54, 1.807) is 6.08 Å². The van der Waals surface area contributed by atoms with Crippen LogP contribution in [0.2, 0.25) is 0 Å². The summed E-state index contributed by atoms with van der Waals surface area (Å²) in [6.45, 7) is 4.92. The van der Waals surface area contributed by atoms with Gasteiger partial charge in [-0.3, -0.25) is 9.59 Å². The van der Waals surface area contributed by atoms with Gasteiger partial charge in [0.1, 0.15) is 0 Å². The lowest BCUT2D eigenvalue weighted by molar-refractivity contribution is -0.143. The molecule has 2 atom stereocenters. The predicted octanol–water partition coefficient (Wildman–Crippen LogP) is 18.5. The van der Waals surface area contributed by atoms with E-state index in [4.69, 9.17) is 4.74 Å². The minimum Gasteiger partial charge on any atom is -0.466 e. The number of unbranched alkanes of at least 4 members (excludes halogenated alkanes) is 45. The molecule has 0 aliphatic carbocycles. The second kappa shape index (κ2) is 56.2. The third kappa shape index (κ3) is 52.0. The number of nitrogens with one attached hydrogen (secondary N) is 1. The Kier molecular flexibility index (Phi) is 55.0. The van der Waals surface area contributed by atoms with Crippen molar-refractivity contribution in [3.8, 4) is 0 Å². The molecular formula is C60H117NO5. The van der Waals surface area contributed by atoms with Crippen molar-refractivity contribution in [2.45, 2.75) is 347 Å². The summed E-state index contributed by atoms with van der Waals surface area (Å²) in [7, 11) is 0. The molecular weight excluding hydrogens is 815 g/mol. The number of rotatable bonds is 56. The number of aliphatic hydroxyl groups is 2. The highest BCUT2D eigenvalue weighted by Gasteiger charge is 2.18. The SMILES string of the molecule is CCCCCCCCCCCCCCCC/C=C/C(O)C(CO)NC(=O)CCCCCCCCCCCCCCCCCCCCCCCOC(=O)CCCCCCCCCCCCCC. The number of hydrogen-bond donors (Lipinski definition) is 3. The molecule has 0 aliphatic heterocycles. The molecule has 0 rings (SSSR count). The van der Waals surface area contributed by atoms with Crippen molar-refractivity contribution in [1.82, 2.24) is 5.32 Å². The number of hydrogen-bond acceptors (Lipinski definition) is 5. The number of esters is 1. The van der Waals surface area contributed by atoms with E-state index in [2.05, 4.69) is 19.2 Å². The molecule has 0 saturated heterocycles. The predicted molar refractivity (Wildman–Crippen MR) is 287 cm³/mol. The van der Waals surface area contributed by atoms with Gasteiger partial charge in [0, 0.05) is 12.8 Å². The topological polar surface area (TPSA) is 95.9 Å². The molecule has 2 unspecified atom stereocenters. The smallest absolute Gasteiger partial charge is 0.305 e. The van der Waals surface area contributed by atoms with Crippen LogP contribution in [0.3, 0.4) is 0 Å². The summed E-state index contributed by atoms with van der Waals surface area (Å²) in [5.41, 5.74) is 0. The van der Waals surface area contributed by atoms with Crippen molar-refractivity contribution in [3.05, 3.63) is 12.2 Å². The van der Waals surface area contributed by atoms with E-state index in [0.717, 1.165) is 38.5 Å². The molecule has 392 valence electrons. The van der Waals surface area contributed by atoms with Gasteiger partial charge in [-0.15, -0.1) is 0 Å². The number of aliphatic hydroxyl groups excluding tert-OH is 2. The van der Waals surface area contributed by atoms with Gasteiger partial charge in [-0.2, -0.15) is 0 Å². The summed E-state index contributed by atoms with van der Waals surface area (Å²) < 4.78 is 5.47. The van der Waals surface area contributed by atoms with E-state index in [0.29, 0.717) is 19.4 Å². The lowest BCUT2D eigenvalue weighted by Crippen LogP contribution is -2.45. The summed E-state index contributed by atoms with van der Waals surface area (Å²) >= 11 is 0. The summed E-state index contributed by atoms with van der Waals surface area (Å²) in [5, 5.41) is 23.1. The highest BCUT2D eigenvalue weighted by molar-refractivity contribution is 5.76. The lowest BCUT2D eigenvalue weighted by atomic mass is 10.0. The molecule has 1 amide bonds. The van der Waals surface area contributed by atoms with Crippen LogP contribution in [0.4, 0.5) is 0 Å². The molecule has 0 bridgehead atoms. The first-order valence-electron chi connectivity index (χ1n) is 30.0. The second-order valence-corrected chi connectivity index (χ2v) is 20.7. The highest BCUT2D eigenvalue weighted by Crippen LogP contribution is 2.18. The average molecular weight is 933 g/mol. The number of allylic oxidation sites excluding steroid dienone is 1. The molecule has 6 nitrogen and oxygen atoms in total. The summed E-state index contributed by atoms with van der Waals surface area (Å²) in [6.07, 6.45) is 66.7. The first-order valence-corrected chi connectivity index (χ1v) is 30.0. The fourth-order valence-corrected chi connectivity index (χ4v) is 9.46. The molecule has 0 aliphatic rings. The third-order valence-electron chi connectivity index (χ3n) is 14.1. The molecule has 3 N–H and O–H groups in total. The largest absolute Gasteiger partial charge is 0.466 e. The Balaban J connectivity index is 3.40. The zero-order chi connectivity index (χ0) is 47.9. The van der Waals surface area contributed by atoms with Crippen LogP contribution in [0, 0.1) is 0 Å². The molecule has 0 aromatic rings. The molecule has 0 fully saturated rings. The third-order valence-corrected chi connectivity index (χ3v) is 14.1. The Labute approximate surface area is 412 Å². The zero-order valence-corrected chi connectivity index (χ0v) is 44.7. The highest BCUT2D eigenvalue weighted by atomic mass is 16.5. The summed E-state index contributed by atoms with van der Waals surface area (Å²) in [6, 6.07) is -0.627. The van der Waals surface area contributed by atoms with Crippen LogP contribution < -0.4 is 5.32 Å². The molecule has 6 heteroatoms. The fraction of sp³-hybridized carbons (Fsp3) is 0.933. The normalized spacial score (nSPS) is 12.6. The van der Waals surface area contributed by atoms with Crippen LogP contribution in [0.1, 0.15) is 335 Å². The molecule has 0 aromatic carbocycles. The van der Waals surface area contributed by atoms with Crippen LogP contribution in [0.25, 0.3) is 0 Å². The van der Waals surface area contributed by atoms with E-state index < -0.39 is 12.1 Å². The van der Waals surface area contributed by atoms with E-state index in [1.165, 1.54) is 270 Å². The van der Waals surface area contributed by atoms with E-state index in [1.807, 2.05) is 6.08 Å². The molecule has 66 heavy (non-hydrogen) atoms. The minimum atomic E-state index is -0.844. The summed E-state index contributed by atoms with van der Waals surface area (Å²) in [5.74, 6) is -0.0539. The van der Waals surface area contributed by atoms with Gasteiger partial charge >= 0.3 is 5.97 Å². The Morgan fingerprint density at radius 2 is 0.697 bits per heavy atom. The Hall–Kier alpha value is -1.40. The standard InChI is InChI=1S/C60H117NO5/c1-3-5-7-9-11-13-15-17-18-26-29-32-36-40-44-48-52-58(63)57(56-62)61-59(64)53-49-45-41-37-33-30-27-24-22-20-19-21-23-25-28-31-35-39-43-47-51-55-66-60(65)54-50-46-42-38-34-16-14-12-10-8-6-4-2/h48,52,57-58,62-63H,3-47,49-51,53-56H2,1-2H3,(H,61,64)/b52-48+. The van der Waals surface area contributed by atoms with Gasteiger partial charge in [0.2, 0.25) is 5.91 Å². The van der Waals surface area contributed by atoms with Gasteiger partial charge in [-0.05, 0) is 32.1 Å². The van der Waals surface area contributed by atoms with E-state index in [-0.39, 0.29) is 18.5 Å². The lowest BCUT2D eigenvalue weighted by Gasteiger charge is -2.20. The zero-order valence-electron chi connectivity index (χ0n) is 44.7. The van der Waals surface area contributed by atoms with Gasteiger partial charge < -0.3 is 20.3 Å². The van der Waals surface area contributed by atoms with Crippen molar-refractivity contribution >= 4 is 11.9 Å². The number of carbonyl (C=O) groups is 2. The molecule has 0 aromatic heterocycles. The van der Waals surface area contributed by atoms with Crippen LogP contribution in [0.5, 0.6) is 0 Å². The van der Waals surface area contributed by atoms with Crippen molar-refractivity contribution < 1.29 is 24.5 Å². The van der Waals surface area contributed by atoms with E-state index >= 15 is 0 Å². The van der Waals surface area contributed by atoms with Crippen molar-refractivity contribution in [2.75, 3.05) is 13.2 Å². The average Bonchev–Trinajstić information content (AvgIpc) is 3.32. The Morgan fingerprint density at radius 3 is 1.03 bits per heavy atom. The second-order valence-electron chi connectivity index (χ2n) is 20.7. The molecule has 0 saturated carbocycles. The van der Waals surface area contributed by atoms with Crippen molar-refractivity contribution in [2.24, 2.45) is 0 Å². The Bertz CT molecular complexity index is 986. The quantitative estimate of drug-likeness (QED) is 0.0321. The monoisotopic (exact) mass is 932 g/mol. The van der Waals surface area contributed by atoms with Crippen LogP contribution >= 0.6 is 0 Å². The Morgan fingerprint density at radius 1 is 0.409 bits per heavy atom. The van der Waals surface area contributed by atoms with Gasteiger partial charge in [-0.25, -0.2) is 0 Å². The van der Waals surface area contributed by atoms with Crippen LogP contribution in [-0.4, -0.2) is 47.4 Å². The van der Waals surface area contributed by atoms with E-state index in [9.17, 15) is 19.8 Å². The number of carbonyl (C=O) groups excluding carboxylic acids is 2. The minimum absolute atomic E-state index is 0.0126. The first kappa shape index (κ1) is 64.6. The van der Waals surface area contributed by atoms with Gasteiger partial charge in [0.25, 0.3) is 0 Å². The van der Waals surface area contributed by atoms with Gasteiger partial charge in [0.15, 0.2) is 0 Å². The van der Waals surface area contributed by atoms with Gasteiger partial charge in [-0.1, -0.05) is 302 Å². The first-order chi connectivity index (χ1) is 32.5. The maximum atomic E-state index is 12.5. The van der Waals surface area contributed by atoms with Crippen LogP contribution in [0.15, 0.2) is 12.2 Å². The number of ether oxygens (including phenoxy) is 1. The molecule has 0 spiro atoms. The summed E-state index contributed by atoms with van der Waals surface area (Å²) in [4.78, 5) is 24.5. The van der Waals surface area contributed by atoms with Crippen LogP contribution in [-0.2, 0) is 14.3 Å². The maximum Gasteiger partial charge on any atom is 0.305 e.